The van der Waals surface area contributed by atoms with Gasteiger partial charge in [-0.3, -0.25) is 4.79 Å². The van der Waals surface area contributed by atoms with Gasteiger partial charge in [0.05, 0.1) is 17.3 Å². The van der Waals surface area contributed by atoms with Gasteiger partial charge in [-0.1, -0.05) is 12.1 Å². The molecular weight excluding hydrogens is 308 g/mol. The van der Waals surface area contributed by atoms with E-state index in [1.165, 1.54) is 4.88 Å². The number of aryl methyl sites for hydroxylation is 1. The maximum Gasteiger partial charge on any atom is 0.226 e. The summed E-state index contributed by atoms with van der Waals surface area (Å²) in [6.45, 7) is 1.93. The molecule has 0 spiro atoms. The highest BCUT2D eigenvalue weighted by atomic mass is 32.1. The van der Waals surface area contributed by atoms with Crippen LogP contribution in [-0.4, -0.2) is 29.4 Å². The summed E-state index contributed by atoms with van der Waals surface area (Å²) in [4.78, 5) is 20.1. The Morgan fingerprint density at radius 3 is 2.96 bits per heavy atom. The smallest absolute Gasteiger partial charge is 0.226 e. The number of amides is 1. The summed E-state index contributed by atoms with van der Waals surface area (Å²) in [5, 5.41) is 12.4. The van der Waals surface area contributed by atoms with E-state index in [-0.39, 0.29) is 5.91 Å². The van der Waals surface area contributed by atoms with Crippen molar-refractivity contribution >= 4 is 22.4 Å². The molecule has 0 unspecified atom stereocenters. The van der Waals surface area contributed by atoms with Gasteiger partial charge in [0.25, 0.3) is 0 Å². The van der Waals surface area contributed by atoms with Crippen molar-refractivity contribution in [2.24, 2.45) is 0 Å². The van der Waals surface area contributed by atoms with Gasteiger partial charge in [-0.25, -0.2) is 4.98 Å². The highest BCUT2D eigenvalue weighted by Crippen LogP contribution is 2.27. The predicted octanol–water partition coefficient (Wildman–Crippen LogP) is 2.57. The number of hydrogen-bond acceptors (Lipinski definition) is 5. The van der Waals surface area contributed by atoms with E-state index in [1.807, 2.05) is 12.1 Å². The number of likely N-dealkylation sites (N-methyl/N-ethyl adjacent to an activating group) is 1. The molecule has 2 aromatic rings. The van der Waals surface area contributed by atoms with E-state index in [2.05, 4.69) is 28.3 Å². The molecule has 3 rings (SSSR count). The largest absolute Gasteiger partial charge is 0.302 e. The second kappa shape index (κ2) is 6.90. The topological polar surface area (TPSA) is 69.0 Å². The Hall–Kier alpha value is -2.23. The van der Waals surface area contributed by atoms with Crippen molar-refractivity contribution in [3.05, 3.63) is 46.0 Å². The van der Waals surface area contributed by atoms with Crippen molar-refractivity contribution < 1.29 is 4.79 Å². The lowest BCUT2D eigenvalue weighted by Gasteiger charge is -2.20. The first-order valence-electron chi connectivity index (χ1n) is 7.60. The van der Waals surface area contributed by atoms with Crippen LogP contribution in [-0.2, 0) is 24.2 Å². The fourth-order valence-corrected chi connectivity index (χ4v) is 3.67. The van der Waals surface area contributed by atoms with Gasteiger partial charge in [-0.15, -0.1) is 11.3 Å². The third kappa shape index (κ3) is 3.95. The molecule has 1 aliphatic rings. The quantitative estimate of drug-likeness (QED) is 0.937. The van der Waals surface area contributed by atoms with Crippen molar-refractivity contribution in [3.63, 3.8) is 0 Å². The number of benzene rings is 1. The molecule has 1 N–H and O–H groups in total. The Bertz CT molecular complexity index is 745. The lowest BCUT2D eigenvalue weighted by molar-refractivity contribution is -0.116. The lowest BCUT2D eigenvalue weighted by atomic mass is 10.1. The van der Waals surface area contributed by atoms with Crippen molar-refractivity contribution in [1.29, 1.82) is 5.26 Å². The number of aromatic nitrogens is 1. The second-order valence-electron chi connectivity index (χ2n) is 5.73. The molecule has 1 aromatic heterocycles. The van der Waals surface area contributed by atoms with E-state index < -0.39 is 0 Å². The minimum absolute atomic E-state index is 0.0196. The highest BCUT2D eigenvalue weighted by molar-refractivity contribution is 7.15. The van der Waals surface area contributed by atoms with E-state index in [0.29, 0.717) is 23.5 Å². The Labute approximate surface area is 139 Å². The minimum atomic E-state index is -0.0196. The summed E-state index contributed by atoms with van der Waals surface area (Å²) in [5.41, 5.74) is 2.81. The van der Waals surface area contributed by atoms with Gasteiger partial charge < -0.3 is 10.2 Å². The predicted molar refractivity (Wildman–Crippen MR) is 90.3 cm³/mol. The van der Waals surface area contributed by atoms with E-state index in [1.54, 1.807) is 23.5 Å². The van der Waals surface area contributed by atoms with Crippen molar-refractivity contribution in [1.82, 2.24) is 9.88 Å². The number of nitrogens with one attached hydrogen (secondary N) is 1. The first kappa shape index (κ1) is 15.7. The molecule has 23 heavy (non-hydrogen) atoms. The Morgan fingerprint density at radius 1 is 1.43 bits per heavy atom. The third-order valence-electron chi connectivity index (χ3n) is 3.89. The van der Waals surface area contributed by atoms with Gasteiger partial charge in [0.15, 0.2) is 5.13 Å². The number of thiazole rings is 1. The molecule has 0 radical (unpaired) electrons. The van der Waals surface area contributed by atoms with Crippen molar-refractivity contribution in [3.8, 4) is 6.07 Å². The Morgan fingerprint density at radius 2 is 2.22 bits per heavy atom. The molecule has 0 bridgehead atoms. The van der Waals surface area contributed by atoms with Crippen LogP contribution in [0.1, 0.15) is 28.1 Å². The summed E-state index contributed by atoms with van der Waals surface area (Å²) >= 11 is 1.57. The number of nitriles is 1. The van der Waals surface area contributed by atoms with E-state index >= 15 is 0 Å². The molecule has 0 saturated heterocycles. The van der Waals surface area contributed by atoms with Gasteiger partial charge in [-0.2, -0.15) is 5.26 Å². The van der Waals surface area contributed by atoms with E-state index in [9.17, 15) is 4.79 Å². The number of nitrogens with zero attached hydrogens (tertiary/aromatic N) is 3. The number of carbonyl (C=O) groups is 1. The van der Waals surface area contributed by atoms with E-state index in [0.717, 1.165) is 30.8 Å². The molecular formula is C17H18N4OS. The third-order valence-corrected chi connectivity index (χ3v) is 4.89. The summed E-state index contributed by atoms with van der Waals surface area (Å²) < 4.78 is 0. The first-order chi connectivity index (χ1) is 11.1. The standard InChI is InChI=1S/C17H18N4OS/c1-21-9-8-14-15(11-21)23-17(19-14)20-16(22)7-6-12-2-4-13(10-18)5-3-12/h2-5H,6-9,11H2,1H3,(H,19,20,22). The number of rotatable bonds is 4. The number of carbonyl (C=O) groups excluding carboxylic acids is 1. The lowest BCUT2D eigenvalue weighted by Crippen LogP contribution is -2.25. The van der Waals surface area contributed by atoms with Crippen molar-refractivity contribution in [2.75, 3.05) is 18.9 Å². The van der Waals surface area contributed by atoms with Gasteiger partial charge in [0.1, 0.15) is 0 Å². The van der Waals surface area contributed by atoms with Crippen molar-refractivity contribution in [2.45, 2.75) is 25.8 Å². The molecule has 5 nitrogen and oxygen atoms in total. The molecule has 0 fully saturated rings. The van der Waals surface area contributed by atoms with Crippen LogP contribution in [0.25, 0.3) is 0 Å². The van der Waals surface area contributed by atoms with Crippen LogP contribution in [0.3, 0.4) is 0 Å². The SMILES string of the molecule is CN1CCc2nc(NC(=O)CCc3ccc(C#N)cc3)sc2C1. The average molecular weight is 326 g/mol. The molecule has 2 heterocycles. The number of hydrogen-bond donors (Lipinski definition) is 1. The number of anilines is 1. The van der Waals surface area contributed by atoms with Gasteiger partial charge in [-0.05, 0) is 31.2 Å². The van der Waals surface area contributed by atoms with Crippen LogP contribution in [0.5, 0.6) is 0 Å². The zero-order chi connectivity index (χ0) is 16.2. The van der Waals surface area contributed by atoms with Gasteiger partial charge >= 0.3 is 0 Å². The normalized spacial score (nSPS) is 14.1. The summed E-state index contributed by atoms with van der Waals surface area (Å²) in [6, 6.07) is 9.43. The number of fused-ring (bicyclic) bond motifs is 1. The van der Waals surface area contributed by atoms with Gasteiger partial charge in [0, 0.05) is 30.8 Å². The molecule has 0 aliphatic carbocycles. The molecule has 1 aromatic carbocycles. The fourth-order valence-electron chi connectivity index (χ4n) is 2.56. The molecule has 1 amide bonds. The fraction of sp³-hybridized carbons (Fsp3) is 0.353. The summed E-state index contributed by atoms with van der Waals surface area (Å²) in [7, 11) is 2.10. The van der Waals surface area contributed by atoms with Crippen LogP contribution in [0.2, 0.25) is 0 Å². The zero-order valence-corrected chi connectivity index (χ0v) is 13.8. The van der Waals surface area contributed by atoms with Crippen LogP contribution in [0.15, 0.2) is 24.3 Å². The maximum absolute atomic E-state index is 12.1. The molecule has 118 valence electrons. The van der Waals surface area contributed by atoms with Crippen LogP contribution in [0.4, 0.5) is 5.13 Å². The molecule has 1 aliphatic heterocycles. The van der Waals surface area contributed by atoms with E-state index in [4.69, 9.17) is 5.26 Å². The minimum Gasteiger partial charge on any atom is -0.302 e. The Kier molecular flexibility index (Phi) is 4.70. The molecule has 0 saturated carbocycles. The van der Waals surface area contributed by atoms with Crippen LogP contribution < -0.4 is 5.32 Å². The zero-order valence-electron chi connectivity index (χ0n) is 13.0. The monoisotopic (exact) mass is 326 g/mol. The Balaban J connectivity index is 1.54. The highest BCUT2D eigenvalue weighted by Gasteiger charge is 2.19. The second-order valence-corrected chi connectivity index (χ2v) is 6.82. The molecule has 6 heteroatoms. The first-order valence-corrected chi connectivity index (χ1v) is 8.41. The maximum atomic E-state index is 12.1. The van der Waals surface area contributed by atoms with Gasteiger partial charge in [0.2, 0.25) is 5.91 Å². The van der Waals surface area contributed by atoms with Crippen LogP contribution in [0, 0.1) is 11.3 Å². The van der Waals surface area contributed by atoms with Crippen LogP contribution >= 0.6 is 11.3 Å². The average Bonchev–Trinajstić information content (AvgIpc) is 2.94. The summed E-state index contributed by atoms with van der Waals surface area (Å²) in [6.07, 6.45) is 2.02. The summed E-state index contributed by atoms with van der Waals surface area (Å²) in [5.74, 6) is -0.0196. The molecule has 0 atom stereocenters.